The molecule has 4 saturated heterocycles. The van der Waals surface area contributed by atoms with Crippen LogP contribution in [-0.2, 0) is 61.8 Å². The first-order valence-corrected chi connectivity index (χ1v) is 24.6. The smallest absolute Gasteiger partial charge is 0.407 e. The Bertz CT molecular complexity index is 2310. The number of fused-ring (bicyclic) bond motifs is 3. The van der Waals surface area contributed by atoms with Gasteiger partial charge in [0.2, 0.25) is 17.7 Å². The van der Waals surface area contributed by atoms with Crippen LogP contribution in [0, 0.1) is 0 Å². The van der Waals surface area contributed by atoms with Crippen LogP contribution >= 0.6 is 0 Å². The Morgan fingerprint density at radius 1 is 0.519 bits per heavy atom. The number of carbonyl (C=O) groups is 5. The molecule has 1 aliphatic carbocycles. The van der Waals surface area contributed by atoms with Crippen molar-refractivity contribution in [2.45, 2.75) is 155 Å². The highest BCUT2D eigenvalue weighted by atomic mass is 16.8. The van der Waals surface area contributed by atoms with Crippen LogP contribution in [0.5, 0.6) is 0 Å². The summed E-state index contributed by atoms with van der Waals surface area (Å²) in [5.41, 5.74) is 3.62. The molecule has 4 fully saturated rings. The summed E-state index contributed by atoms with van der Waals surface area (Å²) in [5.74, 6) is -4.33. The molecule has 29 nitrogen and oxygen atoms in total. The van der Waals surface area contributed by atoms with Gasteiger partial charge in [0.1, 0.15) is 104 Å². The van der Waals surface area contributed by atoms with Crippen LogP contribution in [-0.4, -0.2) is 254 Å². The van der Waals surface area contributed by atoms with Crippen molar-refractivity contribution < 1.29 is 123 Å². The van der Waals surface area contributed by atoms with Gasteiger partial charge in [0.05, 0.1) is 33.0 Å². The van der Waals surface area contributed by atoms with Gasteiger partial charge in [-0.1, -0.05) is 48.5 Å². The van der Waals surface area contributed by atoms with E-state index in [9.17, 15) is 80.1 Å². The number of carboxylic acids is 1. The zero-order chi connectivity index (χ0) is 56.0. The van der Waals surface area contributed by atoms with E-state index in [-0.39, 0.29) is 6.61 Å². The number of hydrogen-bond acceptors (Lipinski definition) is 24. The fourth-order valence-corrected chi connectivity index (χ4v) is 9.92. The number of aliphatic hydroxyl groups excluding tert-OH is 10. The Balaban J connectivity index is 1.15. The molecule has 0 aromatic heterocycles. The normalized spacial score (nSPS) is 36.4. The van der Waals surface area contributed by atoms with Gasteiger partial charge in [-0.25, -0.2) is 9.59 Å². The predicted octanol–water partition coefficient (Wildman–Crippen LogP) is -6.30. The number of benzene rings is 2. The second-order valence-corrected chi connectivity index (χ2v) is 19.1. The predicted molar refractivity (Wildman–Crippen MR) is 252 cm³/mol. The van der Waals surface area contributed by atoms with Crippen molar-refractivity contribution in [1.82, 2.24) is 21.3 Å². The molecule has 4 amide bonds. The number of carboxylic acid groups (broad SMARTS) is 1. The van der Waals surface area contributed by atoms with Crippen LogP contribution in [0.1, 0.15) is 37.8 Å². The summed E-state index contributed by atoms with van der Waals surface area (Å²) in [7, 11) is 0. The Kier molecular flexibility index (Phi) is 20.3. The summed E-state index contributed by atoms with van der Waals surface area (Å²) in [5, 5.41) is 128. The highest BCUT2D eigenvalue weighted by molar-refractivity contribution is 5.81. The van der Waals surface area contributed by atoms with Gasteiger partial charge in [-0.3, -0.25) is 14.4 Å². The SMILES string of the molecule is CC(=O)N[C@H]1[C@H](OC[C@H]2O[C@H](OC[C@H](NC(=O)OCC3c4ccccc4-c4ccccc43)C(=O)O)[C@H](NC(C)=O)[C@@H](O[C@@H]3O[C@H](CO)[C@H](O)[C@H](O[C@@H]4O[C@H](CO)[C@@H](O)[C@H](O)[C@H]4NC(C)=O)[C@H]3O)[C@H]2O)O[C@H](CO)[C@@H](O)[C@@H]1O. The van der Waals surface area contributed by atoms with Crippen molar-refractivity contribution in [2.75, 3.05) is 39.6 Å². The van der Waals surface area contributed by atoms with E-state index in [4.69, 9.17) is 42.6 Å². The summed E-state index contributed by atoms with van der Waals surface area (Å²) in [4.78, 5) is 63.3. The van der Waals surface area contributed by atoms with E-state index in [1.54, 1.807) is 0 Å². The molecule has 21 atom stereocenters. The van der Waals surface area contributed by atoms with E-state index in [1.807, 2.05) is 48.5 Å². The van der Waals surface area contributed by atoms with E-state index < -0.39 is 197 Å². The van der Waals surface area contributed by atoms with Gasteiger partial charge < -0.3 is 120 Å². The summed E-state index contributed by atoms with van der Waals surface area (Å²) in [6.45, 7) is -1.50. The number of ether oxygens (including phenoxy) is 9. The number of aliphatic hydroxyl groups is 10. The van der Waals surface area contributed by atoms with Crippen molar-refractivity contribution >= 4 is 29.8 Å². The number of nitrogens with one attached hydrogen (secondary N) is 4. The molecule has 0 saturated carbocycles. The van der Waals surface area contributed by atoms with E-state index in [1.165, 1.54) is 0 Å². The van der Waals surface area contributed by atoms with Gasteiger partial charge in [-0.2, -0.15) is 0 Å². The largest absolute Gasteiger partial charge is 0.480 e. The monoisotopic (exact) mass is 1100 g/mol. The topological polar surface area (TPSA) is 439 Å². The van der Waals surface area contributed by atoms with Gasteiger partial charge in [0.15, 0.2) is 31.2 Å². The molecule has 0 radical (unpaired) electrons. The number of carbonyl (C=O) groups excluding carboxylic acids is 4. The molecule has 0 bridgehead atoms. The number of hydrogen-bond donors (Lipinski definition) is 15. The van der Waals surface area contributed by atoms with Gasteiger partial charge in [0, 0.05) is 26.7 Å². The Morgan fingerprint density at radius 2 is 0.961 bits per heavy atom. The minimum Gasteiger partial charge on any atom is -0.480 e. The molecule has 0 spiro atoms. The molecule has 15 N–H and O–H groups in total. The van der Waals surface area contributed by atoms with Crippen LogP contribution in [0.2, 0.25) is 0 Å². The Hall–Kier alpha value is -5.13. The highest BCUT2D eigenvalue weighted by Gasteiger charge is 2.55. The minimum atomic E-state index is -2.19. The van der Waals surface area contributed by atoms with Crippen LogP contribution in [0.15, 0.2) is 48.5 Å². The maximum absolute atomic E-state index is 13.3. The van der Waals surface area contributed by atoms with Crippen molar-refractivity contribution in [2.24, 2.45) is 0 Å². The Labute approximate surface area is 438 Å². The van der Waals surface area contributed by atoms with Gasteiger partial charge in [-0.05, 0) is 22.3 Å². The molecule has 4 aliphatic heterocycles. The maximum Gasteiger partial charge on any atom is 0.407 e. The number of alkyl carbamates (subject to hydrolysis) is 1. The van der Waals surface area contributed by atoms with E-state index in [2.05, 4.69) is 21.3 Å². The standard InChI is InChI=1S/C48H66N4O25/c1-18(56)49-31-38(63)34(59)27(12-53)72-44(31)70-17-30-37(62)41(76-47-40(65)42(36(61)29(14-55)74-47)77-46-32(50-19(2)57)39(64)35(60)28(13-54)73-46)33(51-20(3)58)45(75-30)69-16-26(43(66)67)52-48(68)71-15-25-23-10-6-4-8-21(23)22-9-5-7-11-24(22)25/h4-11,25-42,44-47,53-55,59-65H,12-17H2,1-3H3,(H,49,56)(H,50,57)(H,51,58)(H,52,68)(H,66,67)/t26-,27+,28+,29+,30+,31+,32+,33+,34+,35+,36-,37-,38+,39+,40+,41+,42-,44+,45-,46-,47-/m0/s1. The van der Waals surface area contributed by atoms with Crippen LogP contribution in [0.25, 0.3) is 11.1 Å². The van der Waals surface area contributed by atoms with E-state index in [0.717, 1.165) is 43.0 Å². The van der Waals surface area contributed by atoms with Crippen molar-refractivity contribution in [3.8, 4) is 11.1 Å². The molecule has 5 aliphatic rings. The fourth-order valence-electron chi connectivity index (χ4n) is 9.92. The Morgan fingerprint density at radius 3 is 1.49 bits per heavy atom. The first kappa shape index (κ1) is 59.5. The third-order valence-electron chi connectivity index (χ3n) is 13.7. The van der Waals surface area contributed by atoms with Crippen molar-refractivity contribution in [1.29, 1.82) is 0 Å². The number of rotatable bonds is 20. The molecule has 2 aromatic carbocycles. The summed E-state index contributed by atoms with van der Waals surface area (Å²) in [6, 6.07) is 8.27. The first-order valence-electron chi connectivity index (χ1n) is 24.6. The highest BCUT2D eigenvalue weighted by Crippen LogP contribution is 2.44. The van der Waals surface area contributed by atoms with Crippen LogP contribution in [0.4, 0.5) is 4.79 Å². The average Bonchev–Trinajstić information content (AvgIpc) is 3.74. The molecule has 4 heterocycles. The maximum atomic E-state index is 13.3. The minimum absolute atomic E-state index is 0.197. The molecule has 7 rings (SSSR count). The van der Waals surface area contributed by atoms with Crippen molar-refractivity contribution in [3.05, 3.63) is 59.7 Å². The quantitative estimate of drug-likeness (QED) is 0.0586. The molecule has 428 valence electrons. The molecular formula is C48H66N4O25. The van der Waals surface area contributed by atoms with Crippen molar-refractivity contribution in [3.63, 3.8) is 0 Å². The lowest BCUT2D eigenvalue weighted by Gasteiger charge is -2.49. The number of aliphatic carboxylic acids is 1. The second-order valence-electron chi connectivity index (χ2n) is 19.1. The zero-order valence-corrected chi connectivity index (χ0v) is 41.7. The van der Waals surface area contributed by atoms with Crippen LogP contribution < -0.4 is 21.3 Å². The summed E-state index contributed by atoms with van der Waals surface area (Å²) in [6.07, 6.45) is -32.3. The average molecular weight is 1100 g/mol. The first-order chi connectivity index (χ1) is 36.7. The summed E-state index contributed by atoms with van der Waals surface area (Å²) >= 11 is 0. The lowest BCUT2D eigenvalue weighted by molar-refractivity contribution is -0.368. The lowest BCUT2D eigenvalue weighted by atomic mass is 9.94. The molecule has 29 heteroatoms. The molecule has 2 aromatic rings. The zero-order valence-electron chi connectivity index (χ0n) is 41.7. The van der Waals surface area contributed by atoms with E-state index >= 15 is 0 Å². The fraction of sp³-hybridized carbons (Fsp3) is 0.646. The van der Waals surface area contributed by atoms with E-state index in [0.29, 0.717) is 0 Å². The van der Waals surface area contributed by atoms with Crippen LogP contribution in [0.3, 0.4) is 0 Å². The second kappa shape index (κ2) is 26.2. The number of amides is 4. The van der Waals surface area contributed by atoms with Gasteiger partial charge in [0.25, 0.3) is 0 Å². The summed E-state index contributed by atoms with van der Waals surface area (Å²) < 4.78 is 52.6. The lowest BCUT2D eigenvalue weighted by Crippen LogP contribution is -2.70. The molecule has 0 unspecified atom stereocenters. The third kappa shape index (κ3) is 13.5. The van der Waals surface area contributed by atoms with Gasteiger partial charge >= 0.3 is 12.1 Å². The van der Waals surface area contributed by atoms with Gasteiger partial charge in [-0.15, -0.1) is 0 Å². The molecule has 77 heavy (non-hydrogen) atoms. The molecular weight excluding hydrogens is 1030 g/mol. The third-order valence-corrected chi connectivity index (χ3v) is 13.7.